The molecule has 1 fully saturated rings. The van der Waals surface area contributed by atoms with Crippen molar-refractivity contribution >= 4 is 20.3 Å². The predicted octanol–water partition coefficient (Wildman–Crippen LogP) is 9.48. The van der Waals surface area contributed by atoms with Crippen LogP contribution in [-0.2, 0) is 71.7 Å². The minimum atomic E-state index is -2.62. The van der Waals surface area contributed by atoms with Crippen molar-refractivity contribution in [1.29, 1.82) is 0 Å². The molecular formula is C51H64O11Si. The van der Waals surface area contributed by atoms with Crippen molar-refractivity contribution in [2.24, 2.45) is 0 Å². The Morgan fingerprint density at radius 3 is 1.65 bits per heavy atom. The molecule has 4 aromatic rings. The fourth-order valence-corrected chi connectivity index (χ4v) is 8.01. The number of methoxy groups -OCH3 is 2. The molecule has 0 saturated carbocycles. The number of hydrogen-bond donors (Lipinski definition) is 0. The lowest BCUT2D eigenvalue weighted by molar-refractivity contribution is -0.309. The minimum Gasteiger partial charge on any atom is -0.463 e. The van der Waals surface area contributed by atoms with E-state index in [1.54, 1.807) is 26.2 Å². The van der Waals surface area contributed by atoms with Crippen LogP contribution in [0.2, 0.25) is 18.1 Å². The second-order valence-electron chi connectivity index (χ2n) is 16.8. The van der Waals surface area contributed by atoms with Crippen LogP contribution in [0.1, 0.15) is 56.1 Å². The molecule has 1 aliphatic rings. The first-order chi connectivity index (χ1) is 30.3. The highest BCUT2D eigenvalue weighted by atomic mass is 28.4. The van der Waals surface area contributed by atoms with Crippen LogP contribution in [0.4, 0.5) is 0 Å². The van der Waals surface area contributed by atoms with Crippen LogP contribution in [-0.4, -0.2) is 84.0 Å². The first-order valence-corrected chi connectivity index (χ1v) is 24.4. The standard InChI is InChI=1S/C51H64O11Si/c1-9-56-44(52)33-32-41(60-49(53)45(54-5)40-28-20-13-21-29-40)42(62-63(7,8)51(2,3)4)30-31-43-46(57-34-37-22-14-10-15-23-37)47(58-35-38-24-16-11-17-25-38)48(50(55-6)61-43)59-36-39-26-18-12-19-27-39/h10-33,41-43,45-48,50H,9,34-36H2,1-8H3/b31-30+,33-32+/t41-,42-,43-,45-,46-,47+,48-,50+/m1/s1. The third-order valence-corrected chi connectivity index (χ3v) is 15.7. The van der Waals surface area contributed by atoms with Gasteiger partial charge < -0.3 is 42.3 Å². The molecule has 4 aromatic carbocycles. The maximum Gasteiger partial charge on any atom is 0.340 e. The summed E-state index contributed by atoms with van der Waals surface area (Å²) < 4.78 is 57.3. The first-order valence-electron chi connectivity index (χ1n) is 21.5. The number of hydrogen-bond acceptors (Lipinski definition) is 11. The van der Waals surface area contributed by atoms with Crippen LogP contribution in [0.25, 0.3) is 0 Å². The van der Waals surface area contributed by atoms with Gasteiger partial charge in [0.25, 0.3) is 0 Å². The van der Waals surface area contributed by atoms with Gasteiger partial charge in [-0.2, -0.15) is 0 Å². The summed E-state index contributed by atoms with van der Waals surface area (Å²) in [5, 5.41) is -0.249. The fourth-order valence-electron chi connectivity index (χ4n) is 6.76. The van der Waals surface area contributed by atoms with E-state index in [2.05, 4.69) is 33.9 Å². The van der Waals surface area contributed by atoms with Crippen LogP contribution in [0.5, 0.6) is 0 Å². The highest BCUT2D eigenvalue weighted by Crippen LogP contribution is 2.39. The number of benzene rings is 4. The maximum absolute atomic E-state index is 14.1. The molecule has 0 spiro atoms. The number of rotatable bonds is 22. The molecule has 0 N–H and O–H groups in total. The molecule has 0 aromatic heterocycles. The molecule has 0 aliphatic carbocycles. The summed E-state index contributed by atoms with van der Waals surface area (Å²) >= 11 is 0. The molecule has 0 unspecified atom stereocenters. The molecule has 8 atom stereocenters. The smallest absolute Gasteiger partial charge is 0.340 e. The molecule has 1 aliphatic heterocycles. The van der Waals surface area contributed by atoms with Crippen molar-refractivity contribution in [3.8, 4) is 0 Å². The molecule has 1 heterocycles. The zero-order chi connectivity index (χ0) is 45.2. The van der Waals surface area contributed by atoms with Crippen molar-refractivity contribution in [1.82, 2.24) is 0 Å². The third-order valence-electron chi connectivity index (χ3n) is 11.2. The summed E-state index contributed by atoms with van der Waals surface area (Å²) in [6, 6.07) is 38.7. The number of carbonyl (C=O) groups excluding carboxylic acids is 2. The van der Waals surface area contributed by atoms with Gasteiger partial charge in [-0.1, -0.05) is 154 Å². The Labute approximate surface area is 374 Å². The van der Waals surface area contributed by atoms with Gasteiger partial charge in [0.15, 0.2) is 20.7 Å². The van der Waals surface area contributed by atoms with E-state index in [1.807, 2.05) is 121 Å². The van der Waals surface area contributed by atoms with Gasteiger partial charge in [-0.3, -0.25) is 0 Å². The molecule has 5 rings (SSSR count). The lowest BCUT2D eigenvalue weighted by Gasteiger charge is -2.45. The van der Waals surface area contributed by atoms with E-state index in [-0.39, 0.29) is 31.5 Å². The topological polar surface area (TPSA) is 117 Å². The normalized spacial score (nSPS) is 20.9. The van der Waals surface area contributed by atoms with Crippen molar-refractivity contribution < 1.29 is 51.9 Å². The van der Waals surface area contributed by atoms with Gasteiger partial charge in [0.1, 0.15) is 36.6 Å². The molecule has 11 nitrogen and oxygen atoms in total. The molecule has 12 heteroatoms. The first kappa shape index (κ1) is 49.3. The molecule has 338 valence electrons. The molecule has 0 bridgehead atoms. The van der Waals surface area contributed by atoms with Crippen LogP contribution in [0.3, 0.4) is 0 Å². The van der Waals surface area contributed by atoms with E-state index in [4.69, 9.17) is 42.3 Å². The Morgan fingerprint density at radius 2 is 1.17 bits per heavy atom. The Bertz CT molecular complexity index is 2000. The SMILES string of the molecule is CCOC(=O)/C=C/[C@@H](OC(=O)[C@H](OC)c1ccccc1)[C@@H](/C=C/[C@H]1O[C@H](OC)[C@H](OCc2ccccc2)[C@@H](OCc2ccccc2)[C@@H]1OCc1ccccc1)O[Si](C)(C)C(C)(C)C. The molecule has 63 heavy (non-hydrogen) atoms. The van der Waals surface area contributed by atoms with E-state index in [0.717, 1.165) is 16.7 Å². The molecular weight excluding hydrogens is 817 g/mol. The van der Waals surface area contributed by atoms with E-state index in [0.29, 0.717) is 5.56 Å². The van der Waals surface area contributed by atoms with Gasteiger partial charge in [-0.15, -0.1) is 0 Å². The zero-order valence-corrected chi connectivity index (χ0v) is 38.8. The summed E-state index contributed by atoms with van der Waals surface area (Å²) in [7, 11) is 0.398. The van der Waals surface area contributed by atoms with Gasteiger partial charge in [-0.25, -0.2) is 9.59 Å². The summed E-state index contributed by atoms with van der Waals surface area (Å²) in [4.78, 5) is 26.8. The van der Waals surface area contributed by atoms with Gasteiger partial charge >= 0.3 is 11.9 Å². The van der Waals surface area contributed by atoms with Crippen molar-refractivity contribution in [3.05, 3.63) is 168 Å². The van der Waals surface area contributed by atoms with Crippen LogP contribution in [0.15, 0.2) is 146 Å². The number of esters is 2. The molecule has 1 saturated heterocycles. The quantitative estimate of drug-likeness (QED) is 0.0325. The summed E-state index contributed by atoms with van der Waals surface area (Å²) in [5.74, 6) is -1.25. The second-order valence-corrected chi connectivity index (χ2v) is 21.5. The Hall–Kier alpha value is -4.76. The predicted molar refractivity (Wildman–Crippen MR) is 244 cm³/mol. The van der Waals surface area contributed by atoms with Crippen LogP contribution < -0.4 is 0 Å². The van der Waals surface area contributed by atoms with Gasteiger partial charge in [-0.05, 0) is 53.4 Å². The zero-order valence-electron chi connectivity index (χ0n) is 37.8. The summed E-state index contributed by atoms with van der Waals surface area (Å²) in [6.45, 7) is 13.3. The fraction of sp³-hybridized carbons (Fsp3) is 0.412. The number of ether oxygens (including phenoxy) is 8. The van der Waals surface area contributed by atoms with Crippen molar-refractivity contribution in [2.45, 2.75) is 115 Å². The lowest BCUT2D eigenvalue weighted by Crippen LogP contribution is -2.60. The Kier molecular flexibility index (Phi) is 19.0. The average molecular weight is 881 g/mol. The highest BCUT2D eigenvalue weighted by molar-refractivity contribution is 6.74. The van der Waals surface area contributed by atoms with Gasteiger partial charge in [0.2, 0.25) is 0 Å². The minimum absolute atomic E-state index is 0.171. The van der Waals surface area contributed by atoms with Gasteiger partial charge in [0.05, 0.1) is 26.4 Å². The van der Waals surface area contributed by atoms with Gasteiger partial charge in [0, 0.05) is 20.3 Å². The van der Waals surface area contributed by atoms with E-state index >= 15 is 0 Å². The van der Waals surface area contributed by atoms with E-state index < -0.39 is 69.3 Å². The van der Waals surface area contributed by atoms with E-state index in [9.17, 15) is 9.59 Å². The highest BCUT2D eigenvalue weighted by Gasteiger charge is 2.48. The average Bonchev–Trinajstić information content (AvgIpc) is 3.28. The third kappa shape index (κ3) is 14.6. The van der Waals surface area contributed by atoms with Crippen LogP contribution in [0, 0.1) is 0 Å². The van der Waals surface area contributed by atoms with Crippen molar-refractivity contribution in [3.63, 3.8) is 0 Å². The number of carbonyl (C=O) groups is 2. The summed E-state index contributed by atoms with van der Waals surface area (Å²) in [5.41, 5.74) is 3.52. The second kappa shape index (κ2) is 24.3. The Morgan fingerprint density at radius 1 is 0.683 bits per heavy atom. The summed E-state index contributed by atoms with van der Waals surface area (Å²) in [6.07, 6.45) is -0.472. The maximum atomic E-state index is 14.1. The molecule has 0 radical (unpaired) electrons. The Balaban J connectivity index is 1.58. The van der Waals surface area contributed by atoms with Crippen molar-refractivity contribution in [2.75, 3.05) is 20.8 Å². The molecule has 0 amide bonds. The monoisotopic (exact) mass is 880 g/mol. The largest absolute Gasteiger partial charge is 0.463 e. The lowest BCUT2D eigenvalue weighted by atomic mass is 9.96. The van der Waals surface area contributed by atoms with E-state index in [1.165, 1.54) is 19.3 Å². The van der Waals surface area contributed by atoms with Crippen LogP contribution >= 0.6 is 0 Å².